The molecule has 1 aliphatic heterocycles. The van der Waals surface area contributed by atoms with E-state index in [0.717, 1.165) is 27.2 Å². The Bertz CT molecular complexity index is 912. The van der Waals surface area contributed by atoms with Gasteiger partial charge in [0.2, 0.25) is 5.91 Å². The van der Waals surface area contributed by atoms with E-state index in [9.17, 15) is 14.7 Å². The molecule has 0 aliphatic carbocycles. The molecule has 3 rings (SSSR count). The average Bonchev–Trinajstić information content (AvgIpc) is 2.83. The molecule has 0 spiro atoms. The number of hydrogen-bond donors (Lipinski definition) is 2. The first kappa shape index (κ1) is 20.7. The predicted octanol–water partition coefficient (Wildman–Crippen LogP) is 3.76. The van der Waals surface area contributed by atoms with Crippen LogP contribution in [0.5, 0.6) is 0 Å². The number of carboxylic acid groups (broad SMARTS) is 1. The molecule has 2 aromatic rings. The van der Waals surface area contributed by atoms with Gasteiger partial charge in [-0.25, -0.2) is 9.19 Å². The normalized spacial score (nSPS) is 13.4. The summed E-state index contributed by atoms with van der Waals surface area (Å²) in [5, 5.41) is 11.8. The van der Waals surface area contributed by atoms with Crippen molar-refractivity contribution in [2.75, 3.05) is 0 Å². The van der Waals surface area contributed by atoms with Crippen molar-refractivity contribution in [3.8, 4) is 0 Å². The van der Waals surface area contributed by atoms with Gasteiger partial charge in [-0.3, -0.25) is 4.79 Å². The number of aliphatic carboxylic acids is 1. The van der Waals surface area contributed by atoms with Crippen molar-refractivity contribution >= 4 is 48.0 Å². The Morgan fingerprint density at radius 3 is 2.70 bits per heavy atom. The monoisotopic (exact) mass is 402 g/mol. The third kappa shape index (κ3) is 5.21. The molecule has 2 aromatic carbocycles. The molecule has 0 radical (unpaired) electrons. The van der Waals surface area contributed by atoms with E-state index in [0.29, 0.717) is 0 Å². The van der Waals surface area contributed by atoms with Crippen LogP contribution < -0.4 is 5.32 Å². The number of benzene rings is 2. The first-order valence-corrected chi connectivity index (χ1v) is 8.91. The van der Waals surface area contributed by atoms with Crippen molar-refractivity contribution in [2.24, 2.45) is 4.40 Å². The van der Waals surface area contributed by atoms with E-state index in [1.165, 1.54) is 18.9 Å². The van der Waals surface area contributed by atoms with E-state index in [2.05, 4.69) is 9.71 Å². The molecule has 0 aromatic heterocycles. The Kier molecular flexibility index (Phi) is 7.21. The number of allylic oxidation sites excluding steroid dienone is 1. The van der Waals surface area contributed by atoms with Crippen LogP contribution in [-0.4, -0.2) is 29.2 Å². The fourth-order valence-electron chi connectivity index (χ4n) is 2.85. The molecule has 27 heavy (non-hydrogen) atoms. The number of carbonyl (C=O) groups excluding carboxylic acids is 1. The first-order chi connectivity index (χ1) is 12.5. The summed E-state index contributed by atoms with van der Waals surface area (Å²) in [6.45, 7) is 1.32. The lowest BCUT2D eigenvalue weighted by atomic mass is 9.94. The lowest BCUT2D eigenvalue weighted by Crippen LogP contribution is -2.41. The maximum absolute atomic E-state index is 11.4. The smallest absolute Gasteiger partial charge is 0.326 e. The molecule has 140 valence electrons. The number of rotatable bonds is 5. The van der Waals surface area contributed by atoms with E-state index in [1.54, 1.807) is 6.21 Å². The van der Waals surface area contributed by atoms with Gasteiger partial charge in [-0.2, -0.15) is 0 Å². The quantitative estimate of drug-likeness (QED) is 0.746. The Hall–Kier alpha value is -2.57. The Morgan fingerprint density at radius 1 is 1.19 bits per heavy atom. The maximum Gasteiger partial charge on any atom is 0.326 e. The van der Waals surface area contributed by atoms with Crippen LogP contribution in [-0.2, 0) is 16.0 Å². The van der Waals surface area contributed by atoms with E-state index < -0.39 is 12.0 Å². The highest BCUT2D eigenvalue weighted by atomic mass is 35.5. The van der Waals surface area contributed by atoms with E-state index in [-0.39, 0.29) is 24.7 Å². The summed E-state index contributed by atoms with van der Waals surface area (Å²) in [6.07, 6.45) is 3.95. The van der Waals surface area contributed by atoms with Crippen LogP contribution in [0.25, 0.3) is 5.57 Å². The topological polar surface area (TPSA) is 78.8 Å². The van der Waals surface area contributed by atoms with Crippen LogP contribution in [0.2, 0.25) is 0 Å². The molecule has 0 saturated carbocycles. The highest BCUT2D eigenvalue weighted by molar-refractivity contribution is 7.98. The molecule has 1 atom stereocenters. The van der Waals surface area contributed by atoms with Gasteiger partial charge in [0.15, 0.2) is 0 Å². The number of hydrogen-bond acceptors (Lipinski definition) is 4. The minimum atomic E-state index is -1.05. The highest BCUT2D eigenvalue weighted by Crippen LogP contribution is 2.34. The molecule has 0 saturated heterocycles. The van der Waals surface area contributed by atoms with Crippen LogP contribution in [0, 0.1) is 0 Å². The fraction of sp³-hybridized carbons (Fsp3) is 0.150. The number of fused-ring (bicyclic) bond motifs is 1. The number of carbonyl (C=O) groups is 2. The fourth-order valence-corrected chi connectivity index (χ4v) is 3.50. The van der Waals surface area contributed by atoms with Gasteiger partial charge in [0, 0.05) is 36.4 Å². The molecule has 0 bridgehead atoms. The van der Waals surface area contributed by atoms with Gasteiger partial charge in [0.05, 0.1) is 0 Å². The lowest BCUT2D eigenvalue weighted by molar-refractivity contribution is -0.141. The first-order valence-electron chi connectivity index (χ1n) is 8.14. The van der Waals surface area contributed by atoms with Gasteiger partial charge in [0.1, 0.15) is 6.04 Å². The number of halogens is 1. The number of nitrogens with one attached hydrogen (secondary N) is 1. The van der Waals surface area contributed by atoms with E-state index in [1.807, 2.05) is 54.6 Å². The van der Waals surface area contributed by atoms with Gasteiger partial charge < -0.3 is 10.4 Å². The second-order valence-corrected chi connectivity index (χ2v) is 6.75. The molecule has 0 unspecified atom stereocenters. The maximum atomic E-state index is 11.4. The minimum Gasteiger partial charge on any atom is -0.480 e. The van der Waals surface area contributed by atoms with E-state index >= 15 is 0 Å². The van der Waals surface area contributed by atoms with Crippen molar-refractivity contribution in [2.45, 2.75) is 24.3 Å². The second kappa shape index (κ2) is 9.39. The molecule has 5 nitrogen and oxygen atoms in total. The summed E-state index contributed by atoms with van der Waals surface area (Å²) in [7, 11) is 0. The Labute approximate surface area is 168 Å². The minimum absolute atomic E-state index is 0. The third-order valence-electron chi connectivity index (χ3n) is 3.98. The van der Waals surface area contributed by atoms with Crippen molar-refractivity contribution < 1.29 is 14.7 Å². The molecular weight excluding hydrogens is 384 g/mol. The largest absolute Gasteiger partial charge is 0.480 e. The Morgan fingerprint density at radius 2 is 1.96 bits per heavy atom. The predicted molar refractivity (Wildman–Crippen MR) is 111 cm³/mol. The molecular formula is C20H19ClN2O3S. The van der Waals surface area contributed by atoms with E-state index in [4.69, 9.17) is 0 Å². The summed E-state index contributed by atoms with van der Waals surface area (Å²) in [5.74, 6) is -1.41. The second-order valence-electron chi connectivity index (χ2n) is 5.92. The average molecular weight is 403 g/mol. The zero-order chi connectivity index (χ0) is 18.5. The van der Waals surface area contributed by atoms with Crippen molar-refractivity contribution in [3.05, 3.63) is 71.3 Å². The summed E-state index contributed by atoms with van der Waals surface area (Å²) < 4.78 is 4.30. The number of amides is 1. The zero-order valence-electron chi connectivity index (χ0n) is 14.6. The zero-order valence-corrected chi connectivity index (χ0v) is 16.2. The van der Waals surface area contributed by atoms with Crippen LogP contribution >= 0.6 is 24.4 Å². The molecule has 1 aliphatic rings. The number of nitrogens with zero attached hydrogens (tertiary/aromatic N) is 1. The molecule has 1 amide bonds. The SMILES string of the molecule is CC(=O)N[C@@H](Cc1cccc(C2=CC=NSc3ccccc32)c1)C(=O)O.Cl. The summed E-state index contributed by atoms with van der Waals surface area (Å²) >= 11 is 1.43. The molecule has 7 heteroatoms. The van der Waals surface area contributed by atoms with Gasteiger partial charge >= 0.3 is 5.97 Å². The van der Waals surface area contributed by atoms with Gasteiger partial charge in [-0.15, -0.1) is 12.4 Å². The molecule has 1 heterocycles. The number of carboxylic acids is 1. The summed E-state index contributed by atoms with van der Waals surface area (Å²) in [6, 6.07) is 14.8. The molecule has 2 N–H and O–H groups in total. The third-order valence-corrected chi connectivity index (χ3v) is 4.76. The summed E-state index contributed by atoms with van der Waals surface area (Å²) in [5.41, 5.74) is 3.94. The van der Waals surface area contributed by atoms with Crippen LogP contribution in [0.3, 0.4) is 0 Å². The standard InChI is InChI=1S/C20H18N2O3S.ClH/c1-13(23)22-18(20(24)25)12-14-5-4-6-15(11-14)16-9-10-21-26-19-8-3-2-7-17(16)19;/h2-11,18H,12H2,1H3,(H,22,23)(H,24,25);1H/t18-;/m0./s1. The van der Waals surface area contributed by atoms with Crippen molar-refractivity contribution in [1.29, 1.82) is 0 Å². The van der Waals surface area contributed by atoms with Gasteiger partial charge in [-0.1, -0.05) is 42.5 Å². The molecule has 0 fully saturated rings. The van der Waals surface area contributed by atoms with Gasteiger partial charge in [-0.05, 0) is 34.4 Å². The van der Waals surface area contributed by atoms with Crippen LogP contribution in [0.15, 0.2) is 63.9 Å². The van der Waals surface area contributed by atoms with Crippen LogP contribution in [0.1, 0.15) is 23.6 Å². The highest BCUT2D eigenvalue weighted by Gasteiger charge is 2.19. The van der Waals surface area contributed by atoms with Crippen molar-refractivity contribution in [3.63, 3.8) is 0 Å². The van der Waals surface area contributed by atoms with Crippen molar-refractivity contribution in [1.82, 2.24) is 5.32 Å². The lowest BCUT2D eigenvalue weighted by Gasteiger charge is -2.15. The summed E-state index contributed by atoms with van der Waals surface area (Å²) in [4.78, 5) is 23.7. The van der Waals surface area contributed by atoms with Gasteiger partial charge in [0.25, 0.3) is 0 Å². The van der Waals surface area contributed by atoms with Crippen LogP contribution in [0.4, 0.5) is 0 Å². The Balaban J connectivity index is 0.00000261.